The minimum Gasteiger partial charge on any atom is -0.476 e. The predicted molar refractivity (Wildman–Crippen MR) is 72.4 cm³/mol. The summed E-state index contributed by atoms with van der Waals surface area (Å²) in [5.41, 5.74) is 0.602. The second-order valence-electron chi connectivity index (χ2n) is 5.28. The number of hydrogen-bond acceptors (Lipinski definition) is 5. The number of carbonyl (C=O) groups is 1. The number of carboxylic acid groups (broad SMARTS) is 1. The van der Waals surface area contributed by atoms with Gasteiger partial charge in [-0.3, -0.25) is 4.57 Å². The third-order valence-electron chi connectivity index (χ3n) is 3.41. The van der Waals surface area contributed by atoms with Gasteiger partial charge in [0.2, 0.25) is 5.95 Å². The molecular weight excluding hydrogens is 296 g/mol. The van der Waals surface area contributed by atoms with Gasteiger partial charge in [-0.1, -0.05) is 0 Å². The molecule has 0 radical (unpaired) electrons. The number of halogens is 2. The summed E-state index contributed by atoms with van der Waals surface area (Å²) < 4.78 is 27.1. The zero-order valence-electron chi connectivity index (χ0n) is 11.6. The number of anilines is 1. The van der Waals surface area contributed by atoms with Gasteiger partial charge in [-0.2, -0.15) is 4.98 Å². The molecule has 116 valence electrons. The van der Waals surface area contributed by atoms with E-state index in [2.05, 4.69) is 20.3 Å². The van der Waals surface area contributed by atoms with Crippen molar-refractivity contribution in [3.63, 3.8) is 0 Å². The Morgan fingerprint density at radius 1 is 1.45 bits per heavy atom. The van der Waals surface area contributed by atoms with E-state index in [1.165, 1.54) is 17.1 Å². The fourth-order valence-corrected chi connectivity index (χ4v) is 2.26. The number of rotatable bonds is 4. The molecule has 0 aromatic carbocycles. The van der Waals surface area contributed by atoms with Crippen LogP contribution in [0.4, 0.5) is 14.7 Å². The maximum Gasteiger partial charge on any atom is 0.356 e. The predicted octanol–water partition coefficient (Wildman–Crippen LogP) is 1.88. The van der Waals surface area contributed by atoms with Gasteiger partial charge < -0.3 is 10.4 Å². The first kappa shape index (κ1) is 14.4. The third-order valence-corrected chi connectivity index (χ3v) is 3.41. The Hall–Kier alpha value is -2.58. The minimum absolute atomic E-state index is 0.105. The van der Waals surface area contributed by atoms with Gasteiger partial charge in [0.1, 0.15) is 12.1 Å². The monoisotopic (exact) mass is 309 g/mol. The normalized spacial score (nSPS) is 17.0. The Morgan fingerprint density at radius 3 is 2.77 bits per heavy atom. The fourth-order valence-electron chi connectivity index (χ4n) is 2.26. The smallest absolute Gasteiger partial charge is 0.356 e. The number of imidazole rings is 1. The van der Waals surface area contributed by atoms with Crippen LogP contribution in [0.5, 0.6) is 0 Å². The van der Waals surface area contributed by atoms with Crippen molar-refractivity contribution in [2.45, 2.75) is 31.7 Å². The fraction of sp³-hybridized carbons (Fsp3) is 0.385. The van der Waals surface area contributed by atoms with Gasteiger partial charge in [0.05, 0.1) is 0 Å². The molecule has 0 bridgehead atoms. The van der Waals surface area contributed by atoms with Crippen LogP contribution in [0.25, 0.3) is 5.82 Å². The number of alkyl halides is 2. The van der Waals surface area contributed by atoms with E-state index in [0.717, 1.165) is 0 Å². The maximum atomic E-state index is 12.8. The van der Waals surface area contributed by atoms with Crippen LogP contribution in [0.3, 0.4) is 0 Å². The van der Waals surface area contributed by atoms with Gasteiger partial charge in [-0.05, 0) is 6.92 Å². The molecule has 2 aromatic heterocycles. The molecule has 2 N–H and O–H groups in total. The van der Waals surface area contributed by atoms with Gasteiger partial charge in [0.15, 0.2) is 5.69 Å². The van der Waals surface area contributed by atoms with Crippen molar-refractivity contribution >= 4 is 11.9 Å². The van der Waals surface area contributed by atoms with Crippen LogP contribution >= 0.6 is 0 Å². The lowest BCUT2D eigenvalue weighted by atomic mass is 9.88. The van der Waals surface area contributed by atoms with E-state index in [1.54, 1.807) is 13.1 Å². The number of nitrogens with one attached hydrogen (secondary N) is 1. The minimum atomic E-state index is -2.62. The van der Waals surface area contributed by atoms with Crippen molar-refractivity contribution in [2.24, 2.45) is 0 Å². The largest absolute Gasteiger partial charge is 0.476 e. The number of hydrogen-bond donors (Lipinski definition) is 2. The standard InChI is InChI=1S/C13H13F2N5O2/c1-7-4-16-12(18-8-2-13(14,15)3-8)19-10(7)20-5-9(11(21)22)17-6-20/h4-6,8H,2-3H2,1H3,(H,21,22)(H,16,18,19). The summed E-state index contributed by atoms with van der Waals surface area (Å²) in [5, 5.41) is 11.7. The summed E-state index contributed by atoms with van der Waals surface area (Å²) in [7, 11) is 0. The number of carboxylic acids is 1. The SMILES string of the molecule is Cc1cnc(NC2CC(F)(F)C2)nc1-n1cnc(C(=O)O)c1. The van der Waals surface area contributed by atoms with E-state index in [9.17, 15) is 13.6 Å². The second kappa shape index (κ2) is 5.00. The summed E-state index contributed by atoms with van der Waals surface area (Å²) in [5.74, 6) is -3.08. The lowest BCUT2D eigenvalue weighted by Gasteiger charge is -2.35. The van der Waals surface area contributed by atoms with Gasteiger partial charge in [-0.25, -0.2) is 23.5 Å². The first-order valence-electron chi connectivity index (χ1n) is 6.60. The molecule has 0 atom stereocenters. The van der Waals surface area contributed by atoms with Crippen LogP contribution in [-0.4, -0.2) is 42.6 Å². The number of aryl methyl sites for hydroxylation is 1. The summed E-state index contributed by atoms with van der Waals surface area (Å²) in [4.78, 5) is 22.9. The first-order chi connectivity index (χ1) is 10.3. The molecule has 2 aromatic rings. The Kier molecular flexibility index (Phi) is 3.27. The average molecular weight is 309 g/mol. The lowest BCUT2D eigenvalue weighted by Crippen LogP contribution is -2.44. The van der Waals surface area contributed by atoms with Gasteiger partial charge >= 0.3 is 5.97 Å². The molecule has 9 heteroatoms. The van der Waals surface area contributed by atoms with E-state index in [-0.39, 0.29) is 30.5 Å². The van der Waals surface area contributed by atoms with Crippen LogP contribution < -0.4 is 5.32 Å². The van der Waals surface area contributed by atoms with Crippen molar-refractivity contribution in [3.8, 4) is 5.82 Å². The van der Waals surface area contributed by atoms with E-state index in [4.69, 9.17) is 5.11 Å². The number of aromatic nitrogens is 4. The summed E-state index contributed by atoms with van der Waals surface area (Å²) in [6.45, 7) is 1.76. The molecule has 0 unspecified atom stereocenters. The highest BCUT2D eigenvalue weighted by molar-refractivity contribution is 5.85. The highest BCUT2D eigenvalue weighted by Crippen LogP contribution is 2.38. The third kappa shape index (κ3) is 2.74. The van der Waals surface area contributed by atoms with Crippen molar-refractivity contribution in [1.29, 1.82) is 0 Å². The Labute approximate surface area is 124 Å². The Bertz CT molecular complexity index is 723. The molecule has 7 nitrogen and oxygen atoms in total. The molecule has 1 aliphatic carbocycles. The highest BCUT2D eigenvalue weighted by Gasteiger charge is 2.45. The van der Waals surface area contributed by atoms with Crippen molar-refractivity contribution in [2.75, 3.05) is 5.32 Å². The average Bonchev–Trinajstić information content (AvgIpc) is 2.88. The molecule has 1 fully saturated rings. The molecule has 0 amide bonds. The van der Waals surface area contributed by atoms with Crippen LogP contribution in [0, 0.1) is 6.92 Å². The quantitative estimate of drug-likeness (QED) is 0.895. The molecule has 0 spiro atoms. The molecule has 1 aliphatic rings. The van der Waals surface area contributed by atoms with E-state index >= 15 is 0 Å². The molecule has 0 saturated heterocycles. The molecular formula is C13H13F2N5O2. The van der Waals surface area contributed by atoms with Crippen molar-refractivity contribution < 1.29 is 18.7 Å². The zero-order chi connectivity index (χ0) is 15.9. The van der Waals surface area contributed by atoms with E-state index < -0.39 is 11.9 Å². The number of aromatic carboxylic acids is 1. The second-order valence-corrected chi connectivity index (χ2v) is 5.28. The van der Waals surface area contributed by atoms with E-state index in [1.807, 2.05) is 0 Å². The van der Waals surface area contributed by atoms with Crippen LogP contribution in [0.1, 0.15) is 28.9 Å². The van der Waals surface area contributed by atoms with Gasteiger partial charge in [0, 0.05) is 36.8 Å². The Morgan fingerprint density at radius 2 is 2.18 bits per heavy atom. The summed E-state index contributed by atoms with van der Waals surface area (Å²) in [6.07, 6.45) is 3.72. The van der Waals surface area contributed by atoms with Gasteiger partial charge in [-0.15, -0.1) is 0 Å². The Balaban J connectivity index is 1.82. The van der Waals surface area contributed by atoms with Gasteiger partial charge in [0.25, 0.3) is 5.92 Å². The molecule has 1 saturated carbocycles. The molecule has 3 rings (SSSR count). The highest BCUT2D eigenvalue weighted by atomic mass is 19.3. The number of nitrogens with zero attached hydrogens (tertiary/aromatic N) is 4. The maximum absolute atomic E-state index is 12.8. The van der Waals surface area contributed by atoms with Crippen molar-refractivity contribution in [3.05, 3.63) is 30.0 Å². The summed E-state index contributed by atoms with van der Waals surface area (Å²) >= 11 is 0. The zero-order valence-corrected chi connectivity index (χ0v) is 11.6. The molecule has 22 heavy (non-hydrogen) atoms. The van der Waals surface area contributed by atoms with Crippen LogP contribution in [-0.2, 0) is 0 Å². The van der Waals surface area contributed by atoms with E-state index in [0.29, 0.717) is 11.4 Å². The van der Waals surface area contributed by atoms with Crippen LogP contribution in [0.2, 0.25) is 0 Å². The summed E-state index contributed by atoms with van der Waals surface area (Å²) in [6, 6.07) is -0.358. The molecule has 2 heterocycles. The van der Waals surface area contributed by atoms with Crippen LogP contribution in [0.15, 0.2) is 18.7 Å². The first-order valence-corrected chi connectivity index (χ1v) is 6.60. The topological polar surface area (TPSA) is 92.9 Å². The molecule has 0 aliphatic heterocycles. The lowest BCUT2D eigenvalue weighted by molar-refractivity contribution is -0.0794. The van der Waals surface area contributed by atoms with Crippen molar-refractivity contribution in [1.82, 2.24) is 19.5 Å².